The van der Waals surface area contributed by atoms with Crippen LogP contribution in [-0.4, -0.2) is 50.1 Å². The Labute approximate surface area is 106 Å². The van der Waals surface area contributed by atoms with Crippen molar-refractivity contribution >= 4 is 5.91 Å². The predicted molar refractivity (Wildman–Crippen MR) is 73.1 cm³/mol. The second-order valence-corrected chi connectivity index (χ2v) is 5.05. The summed E-state index contributed by atoms with van der Waals surface area (Å²) in [4.78, 5) is 13.9. The zero-order valence-corrected chi connectivity index (χ0v) is 12.0. The van der Waals surface area contributed by atoms with Crippen molar-refractivity contribution < 1.29 is 4.79 Å². The number of nitrogens with zero attached hydrogens (tertiary/aromatic N) is 1. The molecule has 4 heteroatoms. The van der Waals surface area contributed by atoms with Gasteiger partial charge >= 0.3 is 0 Å². The predicted octanol–water partition coefficient (Wildman–Crippen LogP) is 1.08. The van der Waals surface area contributed by atoms with Gasteiger partial charge in [0, 0.05) is 19.6 Å². The number of carbonyl (C=O) groups is 1. The molecule has 0 aliphatic heterocycles. The van der Waals surface area contributed by atoms with E-state index < -0.39 is 0 Å². The minimum Gasteiger partial charge on any atom is -0.355 e. The molecule has 0 aromatic heterocycles. The summed E-state index contributed by atoms with van der Waals surface area (Å²) in [5, 5.41) is 6.18. The molecule has 0 saturated carbocycles. The Kier molecular flexibility index (Phi) is 9.09. The van der Waals surface area contributed by atoms with E-state index in [0.717, 1.165) is 32.6 Å². The van der Waals surface area contributed by atoms with Gasteiger partial charge in [0.15, 0.2) is 0 Å². The summed E-state index contributed by atoms with van der Waals surface area (Å²) < 4.78 is 0. The quantitative estimate of drug-likeness (QED) is 0.637. The highest BCUT2D eigenvalue weighted by atomic mass is 16.2. The molecule has 0 fully saturated rings. The van der Waals surface area contributed by atoms with Crippen molar-refractivity contribution in [1.29, 1.82) is 0 Å². The first kappa shape index (κ1) is 16.4. The summed E-state index contributed by atoms with van der Waals surface area (Å²) in [5.41, 5.74) is 0. The molecule has 0 radical (unpaired) electrons. The molecule has 1 unspecified atom stereocenters. The van der Waals surface area contributed by atoms with Crippen LogP contribution in [0.15, 0.2) is 0 Å². The van der Waals surface area contributed by atoms with E-state index in [1.807, 2.05) is 6.92 Å². The summed E-state index contributed by atoms with van der Waals surface area (Å²) in [6, 6.07) is -0.104. The second-order valence-electron chi connectivity index (χ2n) is 5.05. The van der Waals surface area contributed by atoms with Crippen LogP contribution in [0.3, 0.4) is 0 Å². The van der Waals surface area contributed by atoms with Gasteiger partial charge in [0.1, 0.15) is 0 Å². The fourth-order valence-corrected chi connectivity index (χ4v) is 1.36. The van der Waals surface area contributed by atoms with Crippen LogP contribution in [0.25, 0.3) is 0 Å². The Morgan fingerprint density at radius 1 is 1.24 bits per heavy atom. The third-order valence-corrected chi connectivity index (χ3v) is 2.90. The number of hydrogen-bond donors (Lipinski definition) is 2. The van der Waals surface area contributed by atoms with E-state index in [1.54, 1.807) is 0 Å². The third kappa shape index (κ3) is 9.12. The molecule has 0 aliphatic rings. The molecule has 0 aliphatic carbocycles. The molecule has 0 saturated heterocycles. The molecule has 0 spiro atoms. The second kappa shape index (κ2) is 9.42. The number of amides is 1. The van der Waals surface area contributed by atoms with Gasteiger partial charge in [0.25, 0.3) is 0 Å². The molecule has 0 aromatic carbocycles. The average molecular weight is 243 g/mol. The van der Waals surface area contributed by atoms with Crippen LogP contribution in [0.2, 0.25) is 0 Å². The Morgan fingerprint density at radius 3 is 2.41 bits per heavy atom. The molecule has 0 aromatic rings. The maximum absolute atomic E-state index is 11.7. The molecular formula is C13H29N3O. The fourth-order valence-electron chi connectivity index (χ4n) is 1.36. The minimum absolute atomic E-state index is 0.102. The summed E-state index contributed by atoms with van der Waals surface area (Å²) in [7, 11) is 2.08. The fraction of sp³-hybridized carbons (Fsp3) is 0.923. The zero-order chi connectivity index (χ0) is 13.3. The van der Waals surface area contributed by atoms with Crippen molar-refractivity contribution in [2.45, 2.75) is 40.2 Å². The Bertz CT molecular complexity index is 207. The van der Waals surface area contributed by atoms with E-state index in [1.165, 1.54) is 0 Å². The van der Waals surface area contributed by atoms with Crippen LogP contribution < -0.4 is 10.6 Å². The number of carbonyl (C=O) groups excluding carboxylic acids is 1. The van der Waals surface area contributed by atoms with E-state index in [0.29, 0.717) is 5.92 Å². The molecule has 1 amide bonds. The lowest BCUT2D eigenvalue weighted by Crippen LogP contribution is -2.44. The van der Waals surface area contributed by atoms with E-state index >= 15 is 0 Å². The average Bonchev–Trinajstić information content (AvgIpc) is 2.27. The van der Waals surface area contributed by atoms with Crippen molar-refractivity contribution in [2.24, 2.45) is 5.92 Å². The largest absolute Gasteiger partial charge is 0.355 e. The molecule has 17 heavy (non-hydrogen) atoms. The lowest BCUT2D eigenvalue weighted by Gasteiger charge is -2.18. The standard InChI is InChI=1S/C13H29N3O/c1-6-16(5)10-9-14-12(4)13(17)15-8-7-11(2)3/h11-12,14H,6-10H2,1-5H3,(H,15,17). The van der Waals surface area contributed by atoms with Crippen molar-refractivity contribution in [2.75, 3.05) is 33.2 Å². The molecular weight excluding hydrogens is 214 g/mol. The lowest BCUT2D eigenvalue weighted by atomic mass is 10.1. The zero-order valence-electron chi connectivity index (χ0n) is 12.0. The third-order valence-electron chi connectivity index (χ3n) is 2.90. The number of rotatable bonds is 9. The summed E-state index contributed by atoms with van der Waals surface area (Å²) in [5.74, 6) is 0.738. The number of likely N-dealkylation sites (N-methyl/N-ethyl adjacent to an activating group) is 1. The van der Waals surface area contributed by atoms with Gasteiger partial charge in [-0.3, -0.25) is 4.79 Å². The van der Waals surface area contributed by atoms with E-state index in [2.05, 4.69) is 43.4 Å². The van der Waals surface area contributed by atoms with Crippen LogP contribution in [0.4, 0.5) is 0 Å². The van der Waals surface area contributed by atoms with E-state index in [9.17, 15) is 4.79 Å². The first-order valence-electron chi connectivity index (χ1n) is 6.67. The molecule has 0 rings (SSSR count). The lowest BCUT2D eigenvalue weighted by molar-refractivity contribution is -0.122. The van der Waals surface area contributed by atoms with Crippen molar-refractivity contribution in [3.63, 3.8) is 0 Å². The molecule has 0 bridgehead atoms. The van der Waals surface area contributed by atoms with Crippen LogP contribution in [-0.2, 0) is 4.79 Å². The SMILES string of the molecule is CCN(C)CCNC(C)C(=O)NCCC(C)C. The highest BCUT2D eigenvalue weighted by Crippen LogP contribution is 1.96. The molecule has 102 valence electrons. The number of hydrogen-bond acceptors (Lipinski definition) is 3. The smallest absolute Gasteiger partial charge is 0.236 e. The highest BCUT2D eigenvalue weighted by Gasteiger charge is 2.11. The van der Waals surface area contributed by atoms with Gasteiger partial charge in [-0.1, -0.05) is 20.8 Å². The first-order chi connectivity index (χ1) is 7.97. The minimum atomic E-state index is -0.104. The molecule has 0 heterocycles. The topological polar surface area (TPSA) is 44.4 Å². The van der Waals surface area contributed by atoms with Crippen LogP contribution in [0.1, 0.15) is 34.1 Å². The Hall–Kier alpha value is -0.610. The Balaban J connectivity index is 3.60. The molecule has 2 N–H and O–H groups in total. The normalized spacial score (nSPS) is 13.1. The molecule has 4 nitrogen and oxygen atoms in total. The van der Waals surface area contributed by atoms with Gasteiger partial charge < -0.3 is 15.5 Å². The van der Waals surface area contributed by atoms with Gasteiger partial charge in [0.05, 0.1) is 6.04 Å². The van der Waals surface area contributed by atoms with Crippen molar-refractivity contribution in [3.05, 3.63) is 0 Å². The number of nitrogens with one attached hydrogen (secondary N) is 2. The Morgan fingerprint density at radius 2 is 1.88 bits per heavy atom. The summed E-state index contributed by atoms with van der Waals surface area (Å²) >= 11 is 0. The monoisotopic (exact) mass is 243 g/mol. The first-order valence-corrected chi connectivity index (χ1v) is 6.67. The maximum atomic E-state index is 11.7. The van der Waals surface area contributed by atoms with Crippen LogP contribution in [0, 0.1) is 5.92 Å². The van der Waals surface area contributed by atoms with Crippen LogP contribution in [0.5, 0.6) is 0 Å². The van der Waals surface area contributed by atoms with Crippen molar-refractivity contribution in [3.8, 4) is 0 Å². The van der Waals surface area contributed by atoms with Gasteiger partial charge in [0.2, 0.25) is 5.91 Å². The van der Waals surface area contributed by atoms with E-state index in [4.69, 9.17) is 0 Å². The van der Waals surface area contributed by atoms with E-state index in [-0.39, 0.29) is 11.9 Å². The molecule has 1 atom stereocenters. The summed E-state index contributed by atoms with van der Waals surface area (Å²) in [6.07, 6.45) is 1.04. The highest BCUT2D eigenvalue weighted by molar-refractivity contribution is 5.81. The van der Waals surface area contributed by atoms with Gasteiger partial charge in [-0.05, 0) is 32.9 Å². The maximum Gasteiger partial charge on any atom is 0.236 e. The summed E-state index contributed by atoms with van der Waals surface area (Å²) in [6.45, 7) is 12.0. The van der Waals surface area contributed by atoms with Crippen LogP contribution >= 0.6 is 0 Å². The van der Waals surface area contributed by atoms with Gasteiger partial charge in [-0.15, -0.1) is 0 Å². The van der Waals surface area contributed by atoms with Gasteiger partial charge in [-0.2, -0.15) is 0 Å². The van der Waals surface area contributed by atoms with Gasteiger partial charge in [-0.25, -0.2) is 0 Å². The van der Waals surface area contributed by atoms with Crippen molar-refractivity contribution in [1.82, 2.24) is 15.5 Å².